The van der Waals surface area contributed by atoms with Gasteiger partial charge in [0.2, 0.25) is 18.6 Å². The van der Waals surface area contributed by atoms with Crippen LogP contribution in [0.5, 0.6) is 17.2 Å². The first-order valence-electron chi connectivity index (χ1n) is 14.2. The minimum atomic E-state index is -0.363. The Morgan fingerprint density at radius 1 is 1.14 bits per heavy atom. The normalized spacial score (nSPS) is 19.9. The van der Waals surface area contributed by atoms with Crippen LogP contribution in [0.4, 0.5) is 5.82 Å². The zero-order chi connectivity index (χ0) is 29.4. The molecule has 0 unspecified atom stereocenters. The summed E-state index contributed by atoms with van der Waals surface area (Å²) in [4.78, 5) is 28.8. The van der Waals surface area contributed by atoms with Crippen molar-refractivity contribution >= 4 is 29.4 Å². The molecule has 10 nitrogen and oxygen atoms in total. The number of thioether (sulfide) groups is 1. The molecule has 0 radical (unpaired) electrons. The minimum Gasteiger partial charge on any atom is -0.497 e. The third-order valence-electron chi connectivity index (χ3n) is 7.67. The van der Waals surface area contributed by atoms with Crippen LogP contribution < -0.4 is 24.4 Å². The second kappa shape index (κ2) is 11.5. The van der Waals surface area contributed by atoms with Crippen molar-refractivity contribution in [3.63, 3.8) is 0 Å². The summed E-state index contributed by atoms with van der Waals surface area (Å²) in [5.74, 6) is 2.47. The molecule has 42 heavy (non-hydrogen) atoms. The van der Waals surface area contributed by atoms with Gasteiger partial charge in [0.15, 0.2) is 11.5 Å². The zero-order valence-electron chi connectivity index (χ0n) is 24.3. The van der Waals surface area contributed by atoms with Crippen LogP contribution in [0.2, 0.25) is 0 Å². The molecular formula is C31H36N4O6S. The average molecular weight is 593 g/mol. The SMILES string of the molecule is COc1ccc(-n2nc(C(C)(C)C)c3c2N(CC(=O)NC[C@H]2CCCO2)C(=O)CS[C@@H]3c2ccc3c(c2)OCO3)cc1. The molecule has 0 saturated carbocycles. The quantitative estimate of drug-likeness (QED) is 0.432. The number of amides is 2. The number of anilines is 1. The number of nitrogens with one attached hydrogen (secondary N) is 1. The summed E-state index contributed by atoms with van der Waals surface area (Å²) in [5, 5.41) is 7.89. The van der Waals surface area contributed by atoms with E-state index >= 15 is 0 Å². The van der Waals surface area contributed by atoms with Crippen LogP contribution in [0.1, 0.15) is 55.7 Å². The van der Waals surface area contributed by atoms with E-state index in [9.17, 15) is 9.59 Å². The van der Waals surface area contributed by atoms with E-state index in [-0.39, 0.29) is 47.7 Å². The Bertz CT molecular complexity index is 1480. The number of hydrogen-bond donors (Lipinski definition) is 1. The first-order valence-corrected chi connectivity index (χ1v) is 15.3. The van der Waals surface area contributed by atoms with Crippen molar-refractivity contribution in [2.45, 2.75) is 50.4 Å². The first-order chi connectivity index (χ1) is 20.2. The highest BCUT2D eigenvalue weighted by molar-refractivity contribution is 8.00. The van der Waals surface area contributed by atoms with Crippen LogP contribution in [-0.2, 0) is 19.7 Å². The summed E-state index contributed by atoms with van der Waals surface area (Å²) >= 11 is 1.53. The number of methoxy groups -OCH3 is 1. The van der Waals surface area contributed by atoms with Gasteiger partial charge in [-0.25, -0.2) is 4.68 Å². The van der Waals surface area contributed by atoms with E-state index in [1.165, 1.54) is 11.8 Å². The van der Waals surface area contributed by atoms with E-state index in [2.05, 4.69) is 26.1 Å². The van der Waals surface area contributed by atoms with Crippen LogP contribution in [-0.4, -0.2) is 67.1 Å². The molecule has 2 aromatic carbocycles. The van der Waals surface area contributed by atoms with Crippen LogP contribution in [0.15, 0.2) is 42.5 Å². The Morgan fingerprint density at radius 3 is 2.64 bits per heavy atom. The van der Waals surface area contributed by atoms with E-state index in [0.717, 1.165) is 35.3 Å². The topological polar surface area (TPSA) is 104 Å². The fourth-order valence-electron chi connectivity index (χ4n) is 5.55. The Hall–Kier alpha value is -3.70. The van der Waals surface area contributed by atoms with Crippen molar-refractivity contribution in [2.75, 3.05) is 44.3 Å². The highest BCUT2D eigenvalue weighted by Crippen LogP contribution is 2.50. The van der Waals surface area contributed by atoms with Gasteiger partial charge in [-0.2, -0.15) is 5.10 Å². The Morgan fingerprint density at radius 2 is 1.93 bits per heavy atom. The molecule has 0 aliphatic carbocycles. The number of carbonyl (C=O) groups excluding carboxylic acids is 2. The van der Waals surface area contributed by atoms with E-state index < -0.39 is 0 Å². The van der Waals surface area contributed by atoms with Crippen molar-refractivity contribution in [1.29, 1.82) is 0 Å². The third-order valence-corrected chi connectivity index (χ3v) is 8.92. The highest BCUT2D eigenvalue weighted by atomic mass is 32.2. The molecule has 2 amide bonds. The fraction of sp³-hybridized carbons (Fsp3) is 0.452. The van der Waals surface area contributed by atoms with Gasteiger partial charge in [0.1, 0.15) is 18.1 Å². The second-order valence-electron chi connectivity index (χ2n) is 11.7. The number of aromatic nitrogens is 2. The lowest BCUT2D eigenvalue weighted by Crippen LogP contribution is -2.44. The molecule has 0 spiro atoms. The molecule has 222 valence electrons. The number of benzene rings is 2. The van der Waals surface area contributed by atoms with Crippen LogP contribution in [0.25, 0.3) is 5.69 Å². The van der Waals surface area contributed by atoms with Crippen molar-refractivity contribution < 1.29 is 28.5 Å². The van der Waals surface area contributed by atoms with Crippen molar-refractivity contribution in [3.8, 4) is 22.9 Å². The molecule has 3 aliphatic rings. The van der Waals surface area contributed by atoms with Gasteiger partial charge in [0, 0.05) is 24.1 Å². The molecule has 1 N–H and O–H groups in total. The smallest absolute Gasteiger partial charge is 0.240 e. The first kappa shape index (κ1) is 28.4. The largest absolute Gasteiger partial charge is 0.497 e. The summed E-state index contributed by atoms with van der Waals surface area (Å²) in [6, 6.07) is 13.4. The molecule has 2 atom stereocenters. The molecule has 3 aromatic rings. The molecule has 1 aromatic heterocycles. The van der Waals surface area contributed by atoms with Crippen LogP contribution >= 0.6 is 11.8 Å². The highest BCUT2D eigenvalue weighted by Gasteiger charge is 2.40. The van der Waals surface area contributed by atoms with Crippen LogP contribution in [0, 0.1) is 0 Å². The van der Waals surface area contributed by atoms with Gasteiger partial charge in [-0.15, -0.1) is 11.8 Å². The summed E-state index contributed by atoms with van der Waals surface area (Å²) in [6.45, 7) is 7.52. The number of ether oxygens (including phenoxy) is 4. The summed E-state index contributed by atoms with van der Waals surface area (Å²) in [5.41, 5.74) is 3.13. The Balaban J connectivity index is 1.48. The molecule has 11 heteroatoms. The monoisotopic (exact) mass is 592 g/mol. The maximum absolute atomic E-state index is 13.9. The molecule has 3 aliphatic heterocycles. The van der Waals surface area contributed by atoms with Gasteiger partial charge in [0.25, 0.3) is 0 Å². The number of fused-ring (bicyclic) bond motifs is 2. The third kappa shape index (κ3) is 5.55. The second-order valence-corrected chi connectivity index (χ2v) is 12.8. The molecule has 4 heterocycles. The van der Waals surface area contributed by atoms with Gasteiger partial charge in [-0.1, -0.05) is 26.8 Å². The molecule has 1 saturated heterocycles. The predicted molar refractivity (Wildman–Crippen MR) is 160 cm³/mol. The number of nitrogens with zero attached hydrogens (tertiary/aromatic N) is 3. The van der Waals surface area contributed by atoms with Gasteiger partial charge < -0.3 is 24.3 Å². The van der Waals surface area contributed by atoms with E-state index in [1.54, 1.807) is 16.7 Å². The lowest BCUT2D eigenvalue weighted by molar-refractivity contribution is -0.123. The maximum Gasteiger partial charge on any atom is 0.240 e. The van der Waals surface area contributed by atoms with Crippen molar-refractivity contribution in [2.24, 2.45) is 0 Å². The lowest BCUT2D eigenvalue weighted by atomic mass is 9.87. The fourth-order valence-corrected chi connectivity index (χ4v) is 6.74. The van der Waals surface area contributed by atoms with Crippen molar-refractivity contribution in [3.05, 3.63) is 59.3 Å². The number of hydrogen-bond acceptors (Lipinski definition) is 8. The predicted octanol–water partition coefficient (Wildman–Crippen LogP) is 4.37. The Kier molecular flexibility index (Phi) is 7.80. The number of rotatable bonds is 7. The van der Waals surface area contributed by atoms with E-state index in [0.29, 0.717) is 36.2 Å². The zero-order valence-corrected chi connectivity index (χ0v) is 25.2. The summed E-state index contributed by atoms with van der Waals surface area (Å²) in [6.07, 6.45) is 1.91. The number of carbonyl (C=O) groups is 2. The molecule has 0 bridgehead atoms. The molecule has 6 rings (SSSR count). The standard InChI is InChI=1S/C31H36N4O6S/c1-31(2,3)29-27-28(19-7-12-23-24(14-19)41-18-40-23)42-17-26(37)34(16-25(36)32-15-22-6-5-13-39-22)30(27)35(33-29)20-8-10-21(38-4)11-9-20/h7-12,14,22,28H,5-6,13,15-18H2,1-4H3,(H,32,36)/t22-,28-/m1/s1. The summed E-state index contributed by atoms with van der Waals surface area (Å²) in [7, 11) is 1.62. The minimum absolute atomic E-state index is 0.00705. The maximum atomic E-state index is 13.9. The molecular weight excluding hydrogens is 556 g/mol. The van der Waals surface area contributed by atoms with Gasteiger partial charge >= 0.3 is 0 Å². The van der Waals surface area contributed by atoms with Crippen molar-refractivity contribution in [1.82, 2.24) is 15.1 Å². The lowest BCUT2D eigenvalue weighted by Gasteiger charge is -2.25. The average Bonchev–Trinajstić information content (AvgIpc) is 3.73. The van der Waals surface area contributed by atoms with E-state index in [1.807, 2.05) is 42.5 Å². The van der Waals surface area contributed by atoms with Gasteiger partial charge in [-0.05, 0) is 54.8 Å². The van der Waals surface area contributed by atoms with E-state index in [4.69, 9.17) is 24.0 Å². The molecule has 1 fully saturated rings. The summed E-state index contributed by atoms with van der Waals surface area (Å²) < 4.78 is 24.1. The Labute approximate surface area is 249 Å². The van der Waals surface area contributed by atoms with Gasteiger partial charge in [0.05, 0.1) is 35.6 Å². The van der Waals surface area contributed by atoms with Crippen LogP contribution in [0.3, 0.4) is 0 Å². The van der Waals surface area contributed by atoms with Gasteiger partial charge in [-0.3, -0.25) is 14.5 Å².